The molecule has 3 rings (SSSR count). The van der Waals surface area contributed by atoms with Crippen LogP contribution in [0.2, 0.25) is 5.15 Å². The summed E-state index contributed by atoms with van der Waals surface area (Å²) in [5.41, 5.74) is 0.475. The van der Waals surface area contributed by atoms with Crippen LogP contribution in [0.15, 0.2) is 12.1 Å². The van der Waals surface area contributed by atoms with Crippen LogP contribution in [0.5, 0.6) is 0 Å². The molecule has 0 N–H and O–H groups in total. The molecular weight excluding hydrogens is 350 g/mol. The molecule has 0 radical (unpaired) electrons. The molecular formula is C16H22ClN3O3S. The first-order chi connectivity index (χ1) is 11.4. The smallest absolute Gasteiger partial charge is 0.254 e. The summed E-state index contributed by atoms with van der Waals surface area (Å²) in [6, 6.07) is 3.08. The van der Waals surface area contributed by atoms with Crippen molar-refractivity contribution in [2.24, 2.45) is 0 Å². The molecule has 2 saturated heterocycles. The number of aromatic nitrogens is 1. The monoisotopic (exact) mass is 371 g/mol. The van der Waals surface area contributed by atoms with Gasteiger partial charge in [0, 0.05) is 31.2 Å². The first-order valence-corrected chi connectivity index (χ1v) is 10.5. The van der Waals surface area contributed by atoms with Gasteiger partial charge < -0.3 is 9.80 Å². The summed E-state index contributed by atoms with van der Waals surface area (Å²) >= 11 is 6.12. The van der Waals surface area contributed by atoms with E-state index in [1.54, 1.807) is 17.0 Å². The van der Waals surface area contributed by atoms with Gasteiger partial charge in [0.2, 0.25) is 0 Å². The molecule has 0 aliphatic carbocycles. The van der Waals surface area contributed by atoms with Crippen LogP contribution in [0.25, 0.3) is 0 Å². The highest BCUT2D eigenvalue weighted by Crippen LogP contribution is 2.25. The minimum Gasteiger partial charge on any atom is -0.357 e. The van der Waals surface area contributed by atoms with E-state index in [1.807, 2.05) is 6.92 Å². The number of anilines is 1. The van der Waals surface area contributed by atoms with Crippen LogP contribution in [-0.4, -0.2) is 61.4 Å². The van der Waals surface area contributed by atoms with Crippen molar-refractivity contribution in [1.29, 1.82) is 0 Å². The van der Waals surface area contributed by atoms with Gasteiger partial charge in [-0.2, -0.15) is 0 Å². The Morgan fingerprint density at radius 3 is 2.67 bits per heavy atom. The van der Waals surface area contributed by atoms with Crippen molar-refractivity contribution in [3.8, 4) is 0 Å². The molecule has 0 saturated carbocycles. The van der Waals surface area contributed by atoms with E-state index >= 15 is 0 Å². The van der Waals surface area contributed by atoms with E-state index in [0.29, 0.717) is 18.5 Å². The summed E-state index contributed by atoms with van der Waals surface area (Å²) in [6.07, 6.45) is 2.72. The van der Waals surface area contributed by atoms with Crippen molar-refractivity contribution in [3.63, 3.8) is 0 Å². The molecule has 3 heterocycles. The highest BCUT2D eigenvalue weighted by Gasteiger charge is 2.34. The van der Waals surface area contributed by atoms with E-state index in [1.165, 1.54) is 0 Å². The van der Waals surface area contributed by atoms with Crippen molar-refractivity contribution in [2.75, 3.05) is 36.0 Å². The standard InChI is InChI=1S/C16H22ClN3O3S/c1-2-20(13-5-8-24(22,23)11-13)16(21)12-9-14(17)18-15(10-12)19-6-3-4-7-19/h9-10,13H,2-8,11H2,1H3/t13-/m1/s1. The van der Waals surface area contributed by atoms with Crippen LogP contribution in [0.1, 0.15) is 36.5 Å². The molecule has 0 aromatic carbocycles. The first-order valence-electron chi connectivity index (χ1n) is 8.33. The fraction of sp³-hybridized carbons (Fsp3) is 0.625. The average Bonchev–Trinajstić information content (AvgIpc) is 3.17. The minimum absolute atomic E-state index is 0.0460. The lowest BCUT2D eigenvalue weighted by atomic mass is 10.1. The third kappa shape index (κ3) is 3.67. The first kappa shape index (κ1) is 17.5. The number of nitrogens with zero attached hydrogens (tertiary/aromatic N) is 3. The molecule has 0 spiro atoms. The van der Waals surface area contributed by atoms with Gasteiger partial charge in [0.25, 0.3) is 5.91 Å². The zero-order valence-electron chi connectivity index (χ0n) is 13.7. The number of carbonyl (C=O) groups is 1. The maximum Gasteiger partial charge on any atom is 0.254 e. The Bertz CT molecular complexity index is 732. The lowest BCUT2D eigenvalue weighted by Gasteiger charge is -2.27. The largest absolute Gasteiger partial charge is 0.357 e. The number of amides is 1. The van der Waals surface area contributed by atoms with Gasteiger partial charge in [0.15, 0.2) is 9.84 Å². The van der Waals surface area contributed by atoms with Crippen LogP contribution in [-0.2, 0) is 9.84 Å². The van der Waals surface area contributed by atoms with Crippen molar-refractivity contribution >= 4 is 33.2 Å². The molecule has 132 valence electrons. The summed E-state index contributed by atoms with van der Waals surface area (Å²) in [5.74, 6) is 0.741. The van der Waals surface area contributed by atoms with Gasteiger partial charge in [-0.25, -0.2) is 13.4 Å². The third-order valence-electron chi connectivity index (χ3n) is 4.71. The third-order valence-corrected chi connectivity index (χ3v) is 6.65. The Kier molecular flexibility index (Phi) is 5.01. The minimum atomic E-state index is -3.04. The fourth-order valence-corrected chi connectivity index (χ4v) is 5.40. The predicted molar refractivity (Wildman–Crippen MR) is 94.5 cm³/mol. The summed E-state index contributed by atoms with van der Waals surface area (Å²) in [5, 5.41) is 0.290. The Balaban J connectivity index is 1.85. The van der Waals surface area contributed by atoms with Gasteiger partial charge >= 0.3 is 0 Å². The van der Waals surface area contributed by atoms with Gasteiger partial charge in [-0.1, -0.05) is 11.6 Å². The lowest BCUT2D eigenvalue weighted by Crippen LogP contribution is -2.41. The van der Waals surface area contributed by atoms with E-state index in [9.17, 15) is 13.2 Å². The number of halogens is 1. The van der Waals surface area contributed by atoms with E-state index in [-0.39, 0.29) is 28.6 Å². The Labute approximate surface area is 147 Å². The van der Waals surface area contributed by atoms with Crippen molar-refractivity contribution in [2.45, 2.75) is 32.2 Å². The molecule has 1 aromatic rings. The Morgan fingerprint density at radius 1 is 1.38 bits per heavy atom. The van der Waals surface area contributed by atoms with Crippen LogP contribution in [0.3, 0.4) is 0 Å². The molecule has 0 unspecified atom stereocenters. The zero-order valence-corrected chi connectivity index (χ0v) is 15.3. The van der Waals surface area contributed by atoms with E-state index < -0.39 is 9.84 Å². The molecule has 24 heavy (non-hydrogen) atoms. The van der Waals surface area contributed by atoms with Gasteiger partial charge in [0.1, 0.15) is 11.0 Å². The highest BCUT2D eigenvalue weighted by atomic mass is 35.5. The van der Waals surface area contributed by atoms with Crippen molar-refractivity contribution in [1.82, 2.24) is 9.88 Å². The molecule has 2 fully saturated rings. The van der Waals surface area contributed by atoms with E-state index in [4.69, 9.17) is 11.6 Å². The normalized spacial score (nSPS) is 22.8. The molecule has 1 aromatic heterocycles. The molecule has 2 aliphatic heterocycles. The van der Waals surface area contributed by atoms with Gasteiger partial charge in [-0.15, -0.1) is 0 Å². The Morgan fingerprint density at radius 2 is 2.08 bits per heavy atom. The summed E-state index contributed by atoms with van der Waals surface area (Å²) < 4.78 is 23.5. The number of sulfone groups is 1. The molecule has 1 atom stereocenters. The number of hydrogen-bond donors (Lipinski definition) is 0. The molecule has 8 heteroatoms. The predicted octanol–water partition coefficient (Wildman–Crippen LogP) is 1.98. The van der Waals surface area contributed by atoms with Gasteiger partial charge in [0.05, 0.1) is 11.5 Å². The molecule has 0 bridgehead atoms. The zero-order chi connectivity index (χ0) is 17.3. The van der Waals surface area contributed by atoms with Gasteiger partial charge in [-0.3, -0.25) is 4.79 Å². The van der Waals surface area contributed by atoms with Crippen LogP contribution >= 0.6 is 11.6 Å². The molecule has 1 amide bonds. The van der Waals surface area contributed by atoms with Gasteiger partial charge in [-0.05, 0) is 38.3 Å². The number of hydrogen-bond acceptors (Lipinski definition) is 5. The van der Waals surface area contributed by atoms with E-state index in [2.05, 4.69) is 9.88 Å². The maximum absolute atomic E-state index is 12.9. The maximum atomic E-state index is 12.9. The summed E-state index contributed by atoms with van der Waals surface area (Å²) in [4.78, 5) is 21.0. The van der Waals surface area contributed by atoms with E-state index in [0.717, 1.165) is 31.7 Å². The summed E-state index contributed by atoms with van der Waals surface area (Å²) in [6.45, 7) is 4.17. The molecule has 6 nitrogen and oxygen atoms in total. The lowest BCUT2D eigenvalue weighted by molar-refractivity contribution is 0.0708. The summed E-state index contributed by atoms with van der Waals surface area (Å²) in [7, 11) is -3.04. The average molecular weight is 372 g/mol. The topological polar surface area (TPSA) is 70.6 Å². The number of pyridine rings is 1. The highest BCUT2D eigenvalue weighted by molar-refractivity contribution is 7.91. The van der Waals surface area contributed by atoms with Crippen LogP contribution < -0.4 is 4.90 Å². The SMILES string of the molecule is CCN(C(=O)c1cc(Cl)nc(N2CCCC2)c1)[C@@H]1CCS(=O)(=O)C1. The number of rotatable bonds is 4. The fourth-order valence-electron chi connectivity index (χ4n) is 3.47. The second kappa shape index (κ2) is 6.88. The number of carbonyl (C=O) groups excluding carboxylic acids is 1. The van der Waals surface area contributed by atoms with Crippen molar-refractivity contribution < 1.29 is 13.2 Å². The second-order valence-electron chi connectivity index (χ2n) is 6.38. The van der Waals surface area contributed by atoms with Crippen LogP contribution in [0.4, 0.5) is 5.82 Å². The Hall–Kier alpha value is -1.34. The van der Waals surface area contributed by atoms with Crippen LogP contribution in [0, 0.1) is 0 Å². The quantitative estimate of drug-likeness (QED) is 0.757. The second-order valence-corrected chi connectivity index (χ2v) is 8.99. The molecule has 2 aliphatic rings. The van der Waals surface area contributed by atoms with Crippen molar-refractivity contribution in [3.05, 3.63) is 22.8 Å².